The molecule has 1 saturated heterocycles. The lowest BCUT2D eigenvalue weighted by molar-refractivity contribution is 0.201. The Labute approximate surface area is 107 Å². The molecule has 1 aliphatic carbocycles. The zero-order chi connectivity index (χ0) is 12.1. The highest BCUT2D eigenvalue weighted by Crippen LogP contribution is 2.27. The number of hydrogen-bond acceptors (Lipinski definition) is 2. The molecule has 1 saturated carbocycles. The Morgan fingerprint density at radius 3 is 2.41 bits per heavy atom. The second-order valence-corrected chi connectivity index (χ2v) is 6.55. The number of piperidine rings is 1. The Kier molecular flexibility index (Phi) is 5.30. The lowest BCUT2D eigenvalue weighted by atomic mass is 9.83. The summed E-state index contributed by atoms with van der Waals surface area (Å²) in [5, 5.41) is 3.73. The van der Waals surface area contributed by atoms with Crippen molar-refractivity contribution in [3.05, 3.63) is 0 Å². The van der Waals surface area contributed by atoms with Crippen LogP contribution in [0.15, 0.2) is 0 Å². The number of likely N-dealkylation sites (tertiary alicyclic amines) is 1. The van der Waals surface area contributed by atoms with E-state index in [1.54, 1.807) is 0 Å². The largest absolute Gasteiger partial charge is 0.316 e. The maximum absolute atomic E-state index is 3.73. The first-order chi connectivity index (χ1) is 8.24. The summed E-state index contributed by atoms with van der Waals surface area (Å²) < 4.78 is 0. The van der Waals surface area contributed by atoms with Crippen LogP contribution in [-0.2, 0) is 0 Å². The minimum Gasteiger partial charge on any atom is -0.316 e. The quantitative estimate of drug-likeness (QED) is 0.810. The fraction of sp³-hybridized carbons (Fsp3) is 1.00. The van der Waals surface area contributed by atoms with Crippen molar-refractivity contribution in [2.75, 3.05) is 33.2 Å². The smallest absolute Gasteiger partial charge is 0.00187 e. The maximum Gasteiger partial charge on any atom is 0.00187 e. The van der Waals surface area contributed by atoms with Crippen molar-refractivity contribution in [1.29, 1.82) is 0 Å². The van der Waals surface area contributed by atoms with E-state index in [-0.39, 0.29) is 0 Å². The second kappa shape index (κ2) is 6.75. The third-order valence-corrected chi connectivity index (χ3v) is 4.72. The van der Waals surface area contributed by atoms with Gasteiger partial charge in [-0.05, 0) is 70.1 Å². The van der Waals surface area contributed by atoms with Gasteiger partial charge in [-0.3, -0.25) is 0 Å². The molecule has 2 fully saturated rings. The van der Waals surface area contributed by atoms with Gasteiger partial charge in [0, 0.05) is 6.54 Å². The maximum atomic E-state index is 3.73. The molecule has 1 atom stereocenters. The van der Waals surface area contributed by atoms with Crippen LogP contribution in [0.2, 0.25) is 0 Å². The Bertz CT molecular complexity index is 209. The summed E-state index contributed by atoms with van der Waals surface area (Å²) >= 11 is 0. The van der Waals surface area contributed by atoms with Crippen LogP contribution in [0.4, 0.5) is 0 Å². The highest BCUT2D eigenvalue weighted by Gasteiger charge is 2.19. The van der Waals surface area contributed by atoms with Gasteiger partial charge in [0.2, 0.25) is 0 Å². The van der Waals surface area contributed by atoms with Gasteiger partial charge in [0.25, 0.3) is 0 Å². The fourth-order valence-electron chi connectivity index (χ4n) is 3.46. The Balaban J connectivity index is 1.56. The summed E-state index contributed by atoms with van der Waals surface area (Å²) in [6.07, 6.45) is 8.65. The van der Waals surface area contributed by atoms with Crippen molar-refractivity contribution < 1.29 is 0 Å². The van der Waals surface area contributed by atoms with Crippen LogP contribution in [0.3, 0.4) is 0 Å². The molecule has 1 N–H and O–H groups in total. The van der Waals surface area contributed by atoms with Gasteiger partial charge in [0.1, 0.15) is 0 Å². The molecule has 1 heterocycles. The molecule has 2 aliphatic rings. The molecule has 2 rings (SSSR count). The Morgan fingerprint density at radius 2 is 1.71 bits per heavy atom. The highest BCUT2D eigenvalue weighted by molar-refractivity contribution is 4.75. The number of nitrogens with one attached hydrogen (secondary N) is 1. The van der Waals surface area contributed by atoms with Crippen molar-refractivity contribution in [2.24, 2.45) is 17.8 Å². The molecular weight excluding hydrogens is 208 g/mol. The van der Waals surface area contributed by atoms with Gasteiger partial charge in [-0.25, -0.2) is 0 Å². The van der Waals surface area contributed by atoms with Crippen LogP contribution < -0.4 is 5.32 Å². The van der Waals surface area contributed by atoms with E-state index in [4.69, 9.17) is 0 Å². The third kappa shape index (κ3) is 4.59. The number of hydrogen-bond donors (Lipinski definition) is 1. The van der Waals surface area contributed by atoms with E-state index in [1.807, 2.05) is 0 Å². The van der Waals surface area contributed by atoms with Crippen LogP contribution in [0.5, 0.6) is 0 Å². The van der Waals surface area contributed by atoms with Gasteiger partial charge >= 0.3 is 0 Å². The summed E-state index contributed by atoms with van der Waals surface area (Å²) in [6.45, 7) is 7.52. The third-order valence-electron chi connectivity index (χ3n) is 4.72. The van der Waals surface area contributed by atoms with Gasteiger partial charge in [-0.1, -0.05) is 19.8 Å². The first kappa shape index (κ1) is 13.4. The van der Waals surface area contributed by atoms with Gasteiger partial charge in [-0.15, -0.1) is 0 Å². The topological polar surface area (TPSA) is 15.3 Å². The molecule has 0 aromatic carbocycles. The molecule has 0 amide bonds. The van der Waals surface area contributed by atoms with Crippen molar-refractivity contribution in [2.45, 2.75) is 45.4 Å². The summed E-state index contributed by atoms with van der Waals surface area (Å²) in [5.74, 6) is 2.85. The molecular formula is C15H30N2. The van der Waals surface area contributed by atoms with Crippen molar-refractivity contribution in [3.8, 4) is 0 Å². The minimum absolute atomic E-state index is 0.899. The van der Waals surface area contributed by atoms with Crippen molar-refractivity contribution in [3.63, 3.8) is 0 Å². The first-order valence-corrected chi connectivity index (χ1v) is 7.63. The number of nitrogens with zero attached hydrogens (tertiary/aromatic N) is 1. The van der Waals surface area contributed by atoms with Gasteiger partial charge in [-0.2, -0.15) is 0 Å². The lowest BCUT2D eigenvalue weighted by Crippen LogP contribution is -2.38. The predicted molar refractivity (Wildman–Crippen MR) is 74.2 cm³/mol. The molecule has 17 heavy (non-hydrogen) atoms. The molecule has 2 nitrogen and oxygen atoms in total. The van der Waals surface area contributed by atoms with Gasteiger partial charge in [0.05, 0.1) is 0 Å². The standard InChI is InChI=1S/C15H30N2/c1-13-5-7-14(8-6-13)10-16-11-15-4-3-9-17(2)12-15/h13-16H,3-12H2,1-2H3. The average molecular weight is 238 g/mol. The van der Waals surface area contributed by atoms with Gasteiger partial charge < -0.3 is 10.2 Å². The predicted octanol–water partition coefficient (Wildman–Crippen LogP) is 2.74. The summed E-state index contributed by atoms with van der Waals surface area (Å²) in [6, 6.07) is 0. The minimum atomic E-state index is 0.899. The number of rotatable bonds is 4. The van der Waals surface area contributed by atoms with Crippen LogP contribution in [-0.4, -0.2) is 38.1 Å². The zero-order valence-electron chi connectivity index (χ0n) is 11.8. The van der Waals surface area contributed by atoms with Crippen LogP contribution in [0.1, 0.15) is 45.4 Å². The summed E-state index contributed by atoms with van der Waals surface area (Å²) in [4.78, 5) is 2.48. The molecule has 0 spiro atoms. The lowest BCUT2D eigenvalue weighted by Gasteiger charge is -2.31. The summed E-state index contributed by atoms with van der Waals surface area (Å²) in [7, 11) is 2.26. The van der Waals surface area contributed by atoms with E-state index < -0.39 is 0 Å². The Morgan fingerprint density at radius 1 is 1.00 bits per heavy atom. The molecule has 100 valence electrons. The SMILES string of the molecule is CC1CCC(CNCC2CCCN(C)C2)CC1. The summed E-state index contributed by atoms with van der Waals surface area (Å²) in [5.41, 5.74) is 0. The normalized spacial score (nSPS) is 36.0. The molecule has 1 aliphatic heterocycles. The van der Waals surface area contributed by atoms with E-state index in [9.17, 15) is 0 Å². The molecule has 0 aromatic rings. The molecule has 0 radical (unpaired) electrons. The van der Waals surface area contributed by atoms with E-state index in [1.165, 1.54) is 64.7 Å². The Hall–Kier alpha value is -0.0800. The van der Waals surface area contributed by atoms with Crippen LogP contribution >= 0.6 is 0 Å². The molecule has 0 aromatic heterocycles. The monoisotopic (exact) mass is 238 g/mol. The van der Waals surface area contributed by atoms with Crippen molar-refractivity contribution in [1.82, 2.24) is 10.2 Å². The van der Waals surface area contributed by atoms with Crippen molar-refractivity contribution >= 4 is 0 Å². The average Bonchev–Trinajstić information content (AvgIpc) is 2.32. The van der Waals surface area contributed by atoms with E-state index in [0.29, 0.717) is 0 Å². The van der Waals surface area contributed by atoms with Crippen LogP contribution in [0, 0.1) is 17.8 Å². The van der Waals surface area contributed by atoms with E-state index >= 15 is 0 Å². The highest BCUT2D eigenvalue weighted by atomic mass is 15.1. The van der Waals surface area contributed by atoms with Gasteiger partial charge in [0.15, 0.2) is 0 Å². The van der Waals surface area contributed by atoms with E-state index in [0.717, 1.165) is 17.8 Å². The molecule has 0 bridgehead atoms. The fourth-order valence-corrected chi connectivity index (χ4v) is 3.46. The second-order valence-electron chi connectivity index (χ2n) is 6.55. The molecule has 2 heteroatoms. The zero-order valence-corrected chi connectivity index (χ0v) is 11.8. The van der Waals surface area contributed by atoms with Crippen LogP contribution in [0.25, 0.3) is 0 Å². The van der Waals surface area contributed by atoms with E-state index in [2.05, 4.69) is 24.2 Å². The molecule has 1 unspecified atom stereocenters. The first-order valence-electron chi connectivity index (χ1n) is 7.63.